The quantitative estimate of drug-likeness (QED) is 0.397. The molecule has 100 valence electrons. The van der Waals surface area contributed by atoms with E-state index in [1.807, 2.05) is 6.92 Å². The average Bonchev–Trinajstić information content (AvgIpc) is 2.35. The molecule has 1 heterocycles. The largest absolute Gasteiger partial charge is 0.503 e. The molecule has 0 unspecified atom stereocenters. The van der Waals surface area contributed by atoms with Crippen LogP contribution in [0.5, 0.6) is 0 Å². The van der Waals surface area contributed by atoms with Crippen LogP contribution in [0.1, 0.15) is 26.2 Å². The van der Waals surface area contributed by atoms with Gasteiger partial charge >= 0.3 is 0 Å². The molecule has 18 heavy (non-hydrogen) atoms. The number of allylic oxidation sites excluding steroid dienone is 2. The molecule has 1 amide bonds. The molecular weight excluding hydrogens is 234 g/mol. The fourth-order valence-electron chi connectivity index (χ4n) is 1.68. The van der Waals surface area contributed by atoms with E-state index in [1.165, 1.54) is 6.08 Å². The summed E-state index contributed by atoms with van der Waals surface area (Å²) in [5.74, 6) is 3.61. The summed E-state index contributed by atoms with van der Waals surface area (Å²) in [6, 6.07) is 0. The number of carbonyl (C=O) groups excluding carboxylic acids is 2. The number of nitrogens with one attached hydrogen (secondary N) is 2. The number of hydrogen-bond acceptors (Lipinski definition) is 5. The Morgan fingerprint density at radius 1 is 1.50 bits per heavy atom. The molecule has 1 aliphatic rings. The zero-order chi connectivity index (χ0) is 13.5. The van der Waals surface area contributed by atoms with Crippen LogP contribution in [0.15, 0.2) is 23.6 Å². The first-order valence-electron chi connectivity index (χ1n) is 5.95. The first-order valence-corrected chi connectivity index (χ1v) is 5.95. The van der Waals surface area contributed by atoms with Crippen molar-refractivity contribution < 1.29 is 14.7 Å². The van der Waals surface area contributed by atoms with Crippen molar-refractivity contribution in [3.63, 3.8) is 0 Å². The van der Waals surface area contributed by atoms with Crippen molar-refractivity contribution in [1.82, 2.24) is 10.7 Å². The molecule has 0 saturated heterocycles. The molecule has 1 rings (SSSR count). The molecule has 0 aliphatic carbocycles. The van der Waals surface area contributed by atoms with Crippen LogP contribution in [0.4, 0.5) is 0 Å². The number of carbonyl (C=O) groups is 2. The highest BCUT2D eigenvalue weighted by molar-refractivity contribution is 6.08. The maximum Gasteiger partial charge on any atom is 0.272 e. The van der Waals surface area contributed by atoms with Gasteiger partial charge in [-0.25, -0.2) is 0 Å². The third kappa shape index (κ3) is 3.89. The van der Waals surface area contributed by atoms with E-state index in [-0.39, 0.29) is 5.70 Å². The van der Waals surface area contributed by atoms with E-state index in [0.717, 1.165) is 19.3 Å². The SMILES string of the molecule is C[C@@H]1CCC/C=C\C(=O)/C(O)=C(\NN)C(=O)NC1. The maximum absolute atomic E-state index is 11.7. The monoisotopic (exact) mass is 253 g/mol. The molecule has 0 aromatic heterocycles. The van der Waals surface area contributed by atoms with Crippen molar-refractivity contribution in [3.8, 4) is 0 Å². The zero-order valence-electron chi connectivity index (χ0n) is 10.4. The Bertz CT molecular complexity index is 388. The minimum Gasteiger partial charge on any atom is -0.503 e. The number of ketones is 1. The number of aliphatic hydroxyl groups excluding tert-OH is 1. The average molecular weight is 253 g/mol. The van der Waals surface area contributed by atoms with Gasteiger partial charge in [0.25, 0.3) is 5.91 Å². The first kappa shape index (κ1) is 14.2. The highest BCUT2D eigenvalue weighted by atomic mass is 16.3. The third-order valence-corrected chi connectivity index (χ3v) is 2.79. The van der Waals surface area contributed by atoms with Crippen molar-refractivity contribution in [2.75, 3.05) is 6.54 Å². The predicted octanol–water partition coefficient (Wildman–Crippen LogP) is 0.281. The zero-order valence-corrected chi connectivity index (χ0v) is 10.4. The molecule has 0 aromatic rings. The molecular formula is C12H19N3O3. The topological polar surface area (TPSA) is 104 Å². The fraction of sp³-hybridized carbons (Fsp3) is 0.500. The molecule has 0 spiro atoms. The number of amides is 1. The van der Waals surface area contributed by atoms with Crippen LogP contribution < -0.4 is 16.6 Å². The Labute approximate surface area is 106 Å². The summed E-state index contributed by atoms with van der Waals surface area (Å²) >= 11 is 0. The Morgan fingerprint density at radius 3 is 2.89 bits per heavy atom. The molecule has 5 N–H and O–H groups in total. The number of nitrogens with two attached hydrogens (primary N) is 1. The maximum atomic E-state index is 11.7. The summed E-state index contributed by atoms with van der Waals surface area (Å²) in [6.45, 7) is 2.51. The van der Waals surface area contributed by atoms with Crippen LogP contribution in [-0.4, -0.2) is 23.3 Å². The van der Waals surface area contributed by atoms with Crippen LogP contribution in [-0.2, 0) is 9.59 Å². The summed E-state index contributed by atoms with van der Waals surface area (Å²) in [7, 11) is 0. The van der Waals surface area contributed by atoms with E-state index >= 15 is 0 Å². The van der Waals surface area contributed by atoms with Crippen LogP contribution in [0, 0.1) is 5.92 Å². The molecule has 6 nitrogen and oxygen atoms in total. The van der Waals surface area contributed by atoms with Gasteiger partial charge in [0.1, 0.15) is 0 Å². The van der Waals surface area contributed by atoms with Crippen LogP contribution in [0.2, 0.25) is 0 Å². The van der Waals surface area contributed by atoms with E-state index in [9.17, 15) is 14.7 Å². The van der Waals surface area contributed by atoms with Gasteiger partial charge in [-0.3, -0.25) is 15.4 Å². The Balaban J connectivity index is 2.96. The number of aliphatic hydroxyl groups is 1. The standard InChI is InChI=1S/C12H19N3O3/c1-8-5-3-2-4-6-9(16)11(17)10(15-13)12(18)14-7-8/h4,6,8,15,17H,2-3,5,7,13H2,1H3,(H,14,18)/b6-4-,11-10+/t8-/m1/s1. The molecule has 1 aliphatic heterocycles. The summed E-state index contributed by atoms with van der Waals surface area (Å²) in [6.07, 6.45) is 5.61. The Hall–Kier alpha value is -1.82. The van der Waals surface area contributed by atoms with Gasteiger partial charge in [-0.15, -0.1) is 0 Å². The van der Waals surface area contributed by atoms with E-state index in [1.54, 1.807) is 6.08 Å². The first-order chi connectivity index (χ1) is 8.56. The van der Waals surface area contributed by atoms with Gasteiger partial charge in [0, 0.05) is 6.54 Å². The smallest absolute Gasteiger partial charge is 0.272 e. The molecule has 0 aromatic carbocycles. The minimum atomic E-state index is -0.667. The lowest BCUT2D eigenvalue weighted by Crippen LogP contribution is -2.38. The van der Waals surface area contributed by atoms with E-state index in [4.69, 9.17) is 5.84 Å². The van der Waals surface area contributed by atoms with Crippen molar-refractivity contribution >= 4 is 11.7 Å². The molecule has 1 atom stereocenters. The number of rotatable bonds is 1. The van der Waals surface area contributed by atoms with E-state index < -0.39 is 17.4 Å². The van der Waals surface area contributed by atoms with Crippen molar-refractivity contribution in [3.05, 3.63) is 23.6 Å². The van der Waals surface area contributed by atoms with Crippen molar-refractivity contribution in [2.24, 2.45) is 11.8 Å². The van der Waals surface area contributed by atoms with Gasteiger partial charge in [-0.05, 0) is 31.3 Å². The van der Waals surface area contributed by atoms with Gasteiger partial charge in [0.15, 0.2) is 11.5 Å². The van der Waals surface area contributed by atoms with Gasteiger partial charge in [0.2, 0.25) is 5.78 Å². The second kappa shape index (κ2) is 6.80. The van der Waals surface area contributed by atoms with Gasteiger partial charge in [0.05, 0.1) is 0 Å². The summed E-state index contributed by atoms with van der Waals surface area (Å²) in [5, 5.41) is 12.3. The van der Waals surface area contributed by atoms with Gasteiger partial charge < -0.3 is 15.8 Å². The van der Waals surface area contributed by atoms with E-state index in [2.05, 4.69) is 10.7 Å². The summed E-state index contributed by atoms with van der Waals surface area (Å²) in [5.41, 5.74) is 1.76. The third-order valence-electron chi connectivity index (χ3n) is 2.79. The van der Waals surface area contributed by atoms with Crippen molar-refractivity contribution in [2.45, 2.75) is 26.2 Å². The lowest BCUT2D eigenvalue weighted by Gasteiger charge is -2.14. The van der Waals surface area contributed by atoms with Crippen LogP contribution >= 0.6 is 0 Å². The molecule has 0 saturated carbocycles. The predicted molar refractivity (Wildman–Crippen MR) is 67.1 cm³/mol. The highest BCUT2D eigenvalue weighted by Gasteiger charge is 2.19. The highest BCUT2D eigenvalue weighted by Crippen LogP contribution is 2.09. The number of hydrogen-bond donors (Lipinski definition) is 4. The number of hydrazine groups is 1. The van der Waals surface area contributed by atoms with Gasteiger partial charge in [-0.1, -0.05) is 13.0 Å². The fourth-order valence-corrected chi connectivity index (χ4v) is 1.68. The second-order valence-corrected chi connectivity index (χ2v) is 4.38. The summed E-state index contributed by atoms with van der Waals surface area (Å²) in [4.78, 5) is 23.3. The van der Waals surface area contributed by atoms with E-state index in [0.29, 0.717) is 12.5 Å². The lowest BCUT2D eigenvalue weighted by atomic mass is 10.0. The molecule has 0 radical (unpaired) electrons. The normalized spacial score (nSPS) is 28.9. The van der Waals surface area contributed by atoms with Crippen LogP contribution in [0.3, 0.4) is 0 Å². The Kier molecular flexibility index (Phi) is 5.38. The summed E-state index contributed by atoms with van der Waals surface area (Å²) < 4.78 is 0. The second-order valence-electron chi connectivity index (χ2n) is 4.38. The molecule has 6 heteroatoms. The molecule has 0 fully saturated rings. The van der Waals surface area contributed by atoms with Crippen LogP contribution in [0.25, 0.3) is 0 Å². The Morgan fingerprint density at radius 2 is 2.22 bits per heavy atom. The van der Waals surface area contributed by atoms with Gasteiger partial charge in [-0.2, -0.15) is 0 Å². The minimum absolute atomic E-state index is 0.308. The van der Waals surface area contributed by atoms with Crippen molar-refractivity contribution in [1.29, 1.82) is 0 Å². The lowest BCUT2D eigenvalue weighted by molar-refractivity contribution is -0.119. The molecule has 0 bridgehead atoms.